The lowest BCUT2D eigenvalue weighted by molar-refractivity contribution is -0.150. The lowest BCUT2D eigenvalue weighted by Crippen LogP contribution is -2.26. The Hall–Kier alpha value is -0.650. The minimum atomic E-state index is -0.876. The first-order valence-corrected chi connectivity index (χ1v) is 11.1. The summed E-state index contributed by atoms with van der Waals surface area (Å²) >= 11 is 0. The van der Waals surface area contributed by atoms with Gasteiger partial charge < -0.3 is 19.7 Å². The van der Waals surface area contributed by atoms with E-state index in [-0.39, 0.29) is 31.9 Å². The Kier molecular flexibility index (Phi) is 19.6. The lowest BCUT2D eigenvalue weighted by Gasteiger charge is -2.18. The van der Waals surface area contributed by atoms with Crippen molar-refractivity contribution in [2.75, 3.05) is 19.8 Å². The van der Waals surface area contributed by atoms with Crippen LogP contribution < -0.4 is 0 Å². The van der Waals surface area contributed by atoms with Crippen molar-refractivity contribution in [3.8, 4) is 0 Å². The molecule has 0 bridgehead atoms. The summed E-state index contributed by atoms with van der Waals surface area (Å²) in [5.74, 6) is -0.305. The number of aliphatic hydroxyl groups excluding tert-OH is 2. The predicted octanol–water partition coefficient (Wildman–Crippen LogP) is 4.77. The molecule has 0 aliphatic carbocycles. The second kappa shape index (κ2) is 20.1. The summed E-state index contributed by atoms with van der Waals surface area (Å²) in [6, 6.07) is 0. The fourth-order valence-electron chi connectivity index (χ4n) is 3.19. The molecular formula is C22H44O5. The van der Waals surface area contributed by atoms with Crippen molar-refractivity contribution >= 4 is 5.97 Å². The first kappa shape index (κ1) is 26.4. The van der Waals surface area contributed by atoms with Gasteiger partial charge in [-0.2, -0.15) is 0 Å². The molecule has 0 saturated carbocycles. The topological polar surface area (TPSA) is 76.0 Å². The molecule has 2 N–H and O–H groups in total. The Morgan fingerprint density at radius 3 is 1.74 bits per heavy atom. The van der Waals surface area contributed by atoms with E-state index in [1.165, 1.54) is 77.6 Å². The SMILES string of the molecule is CCCCCCCCCCCCCCCC(COCC(O)CO)OC(C)=O. The molecule has 0 aromatic heterocycles. The second-order valence-corrected chi connectivity index (χ2v) is 7.64. The molecule has 0 aliphatic rings. The third kappa shape index (κ3) is 19.9. The van der Waals surface area contributed by atoms with Gasteiger partial charge in [0.25, 0.3) is 0 Å². The molecule has 0 aromatic carbocycles. The number of hydrogen-bond acceptors (Lipinski definition) is 5. The summed E-state index contributed by atoms with van der Waals surface area (Å²) in [7, 11) is 0. The number of carbonyl (C=O) groups is 1. The normalized spacial score (nSPS) is 13.5. The molecule has 0 saturated heterocycles. The molecule has 0 fully saturated rings. The van der Waals surface area contributed by atoms with Crippen LogP contribution in [0.4, 0.5) is 0 Å². The van der Waals surface area contributed by atoms with E-state index in [0.29, 0.717) is 0 Å². The highest BCUT2D eigenvalue weighted by molar-refractivity contribution is 5.66. The molecule has 162 valence electrons. The van der Waals surface area contributed by atoms with Gasteiger partial charge in [-0.3, -0.25) is 4.79 Å². The maximum Gasteiger partial charge on any atom is 0.302 e. The molecule has 0 amide bonds. The Balaban J connectivity index is 3.52. The van der Waals surface area contributed by atoms with Crippen LogP contribution in [-0.2, 0) is 14.3 Å². The molecule has 0 rings (SSSR count). The highest BCUT2D eigenvalue weighted by atomic mass is 16.6. The van der Waals surface area contributed by atoms with E-state index in [0.717, 1.165) is 19.3 Å². The van der Waals surface area contributed by atoms with Crippen LogP contribution in [0.25, 0.3) is 0 Å². The molecule has 2 atom stereocenters. The van der Waals surface area contributed by atoms with E-state index in [9.17, 15) is 9.90 Å². The van der Waals surface area contributed by atoms with E-state index in [1.807, 2.05) is 0 Å². The highest BCUT2D eigenvalue weighted by Gasteiger charge is 2.13. The summed E-state index contributed by atoms with van der Waals surface area (Å²) in [6.07, 6.45) is 16.7. The smallest absolute Gasteiger partial charge is 0.302 e. The third-order valence-electron chi connectivity index (χ3n) is 4.79. The monoisotopic (exact) mass is 388 g/mol. The van der Waals surface area contributed by atoms with E-state index in [4.69, 9.17) is 14.6 Å². The summed E-state index contributed by atoms with van der Waals surface area (Å²) in [6.45, 7) is 3.67. The second-order valence-electron chi connectivity index (χ2n) is 7.64. The fourth-order valence-corrected chi connectivity index (χ4v) is 3.19. The van der Waals surface area contributed by atoms with Gasteiger partial charge in [0.15, 0.2) is 0 Å². The number of rotatable bonds is 20. The predicted molar refractivity (Wildman–Crippen MR) is 110 cm³/mol. The van der Waals surface area contributed by atoms with Crippen LogP contribution in [0.5, 0.6) is 0 Å². The lowest BCUT2D eigenvalue weighted by atomic mass is 10.0. The average molecular weight is 389 g/mol. The Morgan fingerprint density at radius 1 is 0.815 bits per heavy atom. The molecule has 5 heteroatoms. The molecule has 2 unspecified atom stereocenters. The van der Waals surface area contributed by atoms with Gasteiger partial charge >= 0.3 is 5.97 Å². The van der Waals surface area contributed by atoms with Crippen LogP contribution >= 0.6 is 0 Å². The van der Waals surface area contributed by atoms with Crippen molar-refractivity contribution in [2.45, 2.75) is 116 Å². The van der Waals surface area contributed by atoms with E-state index in [1.54, 1.807) is 0 Å². The zero-order valence-electron chi connectivity index (χ0n) is 17.8. The minimum absolute atomic E-state index is 0.0624. The van der Waals surface area contributed by atoms with E-state index >= 15 is 0 Å². The number of unbranched alkanes of at least 4 members (excludes halogenated alkanes) is 12. The summed E-state index contributed by atoms with van der Waals surface area (Å²) in [5, 5.41) is 18.0. The number of carbonyl (C=O) groups excluding carboxylic acids is 1. The first-order chi connectivity index (χ1) is 13.1. The number of aliphatic hydroxyl groups is 2. The molecule has 0 heterocycles. The van der Waals surface area contributed by atoms with Crippen molar-refractivity contribution in [1.82, 2.24) is 0 Å². The highest BCUT2D eigenvalue weighted by Crippen LogP contribution is 2.14. The van der Waals surface area contributed by atoms with Gasteiger partial charge in [-0.15, -0.1) is 0 Å². The minimum Gasteiger partial charge on any atom is -0.460 e. The summed E-state index contributed by atoms with van der Waals surface area (Å²) in [4.78, 5) is 11.2. The van der Waals surface area contributed by atoms with Crippen molar-refractivity contribution in [3.63, 3.8) is 0 Å². The molecule has 27 heavy (non-hydrogen) atoms. The van der Waals surface area contributed by atoms with Gasteiger partial charge in [0, 0.05) is 6.92 Å². The Labute approximate surface area is 166 Å². The van der Waals surface area contributed by atoms with Gasteiger partial charge in [0.2, 0.25) is 0 Å². The van der Waals surface area contributed by atoms with Gasteiger partial charge in [-0.05, 0) is 12.8 Å². The third-order valence-corrected chi connectivity index (χ3v) is 4.79. The van der Waals surface area contributed by atoms with Crippen molar-refractivity contribution in [3.05, 3.63) is 0 Å². The zero-order chi connectivity index (χ0) is 20.2. The molecule has 0 radical (unpaired) electrons. The van der Waals surface area contributed by atoms with E-state index in [2.05, 4.69) is 6.92 Å². The quantitative estimate of drug-likeness (QED) is 0.232. The average Bonchev–Trinajstić information content (AvgIpc) is 2.64. The molecule has 0 aliphatic heterocycles. The Morgan fingerprint density at radius 2 is 1.30 bits per heavy atom. The van der Waals surface area contributed by atoms with E-state index < -0.39 is 6.10 Å². The van der Waals surface area contributed by atoms with Crippen LogP contribution in [0.1, 0.15) is 104 Å². The van der Waals surface area contributed by atoms with Crippen LogP contribution in [0.3, 0.4) is 0 Å². The maximum atomic E-state index is 11.2. The van der Waals surface area contributed by atoms with Gasteiger partial charge in [-0.25, -0.2) is 0 Å². The number of esters is 1. The maximum absolute atomic E-state index is 11.2. The van der Waals surface area contributed by atoms with Crippen LogP contribution in [0.2, 0.25) is 0 Å². The van der Waals surface area contributed by atoms with Crippen molar-refractivity contribution < 1.29 is 24.5 Å². The molecular weight excluding hydrogens is 344 g/mol. The molecule has 5 nitrogen and oxygen atoms in total. The van der Waals surface area contributed by atoms with Crippen LogP contribution in [0, 0.1) is 0 Å². The van der Waals surface area contributed by atoms with Crippen LogP contribution in [0.15, 0.2) is 0 Å². The molecule has 0 aromatic rings. The van der Waals surface area contributed by atoms with Gasteiger partial charge in [0.1, 0.15) is 12.2 Å². The summed E-state index contributed by atoms with van der Waals surface area (Å²) in [5.41, 5.74) is 0. The fraction of sp³-hybridized carbons (Fsp3) is 0.955. The number of ether oxygens (including phenoxy) is 2. The van der Waals surface area contributed by atoms with Gasteiger partial charge in [-0.1, -0.05) is 84.0 Å². The van der Waals surface area contributed by atoms with Crippen molar-refractivity contribution in [1.29, 1.82) is 0 Å². The van der Waals surface area contributed by atoms with Gasteiger partial charge in [0.05, 0.1) is 19.8 Å². The van der Waals surface area contributed by atoms with Crippen LogP contribution in [-0.4, -0.2) is 48.2 Å². The number of hydrogen-bond donors (Lipinski definition) is 2. The summed E-state index contributed by atoms with van der Waals surface area (Å²) < 4.78 is 10.6. The molecule has 0 spiro atoms. The first-order valence-electron chi connectivity index (χ1n) is 11.1. The standard InChI is InChI=1S/C22H44O5/c1-3-4-5-6-7-8-9-10-11-12-13-14-15-16-22(27-20(2)24)19-26-18-21(25)17-23/h21-23,25H,3-19H2,1-2H3. The Bertz CT molecular complexity index is 322. The zero-order valence-corrected chi connectivity index (χ0v) is 17.8. The van der Waals surface area contributed by atoms with Crippen molar-refractivity contribution in [2.24, 2.45) is 0 Å². The largest absolute Gasteiger partial charge is 0.460 e.